The number of hydrogen-bond acceptors (Lipinski definition) is 4. The number of hydrogen-bond donors (Lipinski definition) is 0. The van der Waals surface area contributed by atoms with Crippen molar-refractivity contribution in [2.75, 3.05) is 0 Å². The Kier molecular flexibility index (Phi) is 5.93. The first-order chi connectivity index (χ1) is 26.2. The van der Waals surface area contributed by atoms with Crippen molar-refractivity contribution in [3.63, 3.8) is 0 Å². The van der Waals surface area contributed by atoms with Crippen LogP contribution in [0, 0.1) is 0 Å². The molecule has 1 aliphatic rings. The number of fused-ring (bicyclic) bond motifs is 10. The molecule has 0 bridgehead atoms. The molecule has 0 spiro atoms. The highest BCUT2D eigenvalue weighted by molar-refractivity contribution is 7.26. The molecule has 0 aliphatic heterocycles. The van der Waals surface area contributed by atoms with Gasteiger partial charge < -0.3 is 0 Å². The summed E-state index contributed by atoms with van der Waals surface area (Å²) in [5.74, 6) is 2.00. The van der Waals surface area contributed by atoms with E-state index in [1.165, 1.54) is 74.7 Å². The van der Waals surface area contributed by atoms with Gasteiger partial charge in [0.1, 0.15) is 0 Å². The van der Waals surface area contributed by atoms with Crippen LogP contribution in [0.25, 0.3) is 120 Å². The zero-order valence-corrected chi connectivity index (χ0v) is 29.2. The molecule has 0 radical (unpaired) electrons. The van der Waals surface area contributed by atoms with Crippen LogP contribution >= 0.6 is 11.3 Å². The fraction of sp³-hybridized carbons (Fsp3) is 0. The average Bonchev–Trinajstić information content (AvgIpc) is 3.75. The number of nitrogens with zero attached hydrogens (tertiary/aromatic N) is 3. The number of aromatic nitrogens is 3. The van der Waals surface area contributed by atoms with Gasteiger partial charge in [0.15, 0.2) is 17.5 Å². The predicted molar refractivity (Wildman–Crippen MR) is 223 cm³/mol. The monoisotopic (exact) mass is 689 g/mol. The molecular weight excluding hydrogens is 663 g/mol. The Morgan fingerprint density at radius 1 is 0.302 bits per heavy atom. The fourth-order valence-electron chi connectivity index (χ4n) is 8.53. The van der Waals surface area contributed by atoms with Crippen LogP contribution in [0.4, 0.5) is 0 Å². The van der Waals surface area contributed by atoms with Crippen molar-refractivity contribution >= 4 is 74.6 Å². The first-order valence-corrected chi connectivity index (χ1v) is 18.7. The summed E-state index contributed by atoms with van der Waals surface area (Å²) in [6.07, 6.45) is 0. The maximum atomic E-state index is 5.29. The van der Waals surface area contributed by atoms with Crippen LogP contribution in [0.1, 0.15) is 0 Å². The van der Waals surface area contributed by atoms with Gasteiger partial charge in [-0.3, -0.25) is 0 Å². The predicted octanol–water partition coefficient (Wildman–Crippen LogP) is 13.5. The molecule has 53 heavy (non-hydrogen) atoms. The van der Waals surface area contributed by atoms with Crippen molar-refractivity contribution < 1.29 is 0 Å². The van der Waals surface area contributed by atoms with E-state index in [-0.39, 0.29) is 0 Å². The summed E-state index contributed by atoms with van der Waals surface area (Å²) in [5.41, 5.74) is 8.16. The number of thiophene rings is 1. The molecule has 11 aromatic rings. The molecule has 0 fully saturated rings. The maximum Gasteiger partial charge on any atom is 0.164 e. The zero-order valence-electron chi connectivity index (χ0n) is 28.3. The van der Waals surface area contributed by atoms with Crippen LogP contribution in [0.5, 0.6) is 0 Å². The Balaban J connectivity index is 1.10. The normalized spacial score (nSPS) is 12.2. The van der Waals surface area contributed by atoms with E-state index in [9.17, 15) is 0 Å². The van der Waals surface area contributed by atoms with E-state index in [0.717, 1.165) is 27.5 Å². The molecule has 244 valence electrons. The van der Waals surface area contributed by atoms with Crippen molar-refractivity contribution in [2.45, 2.75) is 0 Å². The summed E-state index contributed by atoms with van der Waals surface area (Å²) in [7, 11) is 0. The van der Waals surface area contributed by atoms with E-state index >= 15 is 0 Å². The molecule has 0 N–H and O–H groups in total. The standard InChI is InChI=1S/C49H27N3S/c1-2-10-31-24-33(21-18-28(31)8-1)47-50-48(34-22-23-36-32(25-34)20-19-29-9-3-4-13-35(29)36)52-49(51-47)39-16-7-17-43-46(39)42-26-40-37-14-5-11-30-12-6-15-38(45(30)37)41(40)27-44(42)53-43/h1-27H. The smallest absolute Gasteiger partial charge is 0.164 e. The van der Waals surface area contributed by atoms with Crippen molar-refractivity contribution in [2.24, 2.45) is 0 Å². The summed E-state index contributed by atoms with van der Waals surface area (Å²) in [6.45, 7) is 0. The zero-order chi connectivity index (χ0) is 34.6. The van der Waals surface area contributed by atoms with E-state index in [1.807, 2.05) is 11.3 Å². The van der Waals surface area contributed by atoms with Gasteiger partial charge in [0.2, 0.25) is 0 Å². The van der Waals surface area contributed by atoms with Crippen molar-refractivity contribution in [1.29, 1.82) is 0 Å². The van der Waals surface area contributed by atoms with Gasteiger partial charge in [0, 0.05) is 36.9 Å². The summed E-state index contributed by atoms with van der Waals surface area (Å²) in [4.78, 5) is 15.7. The Hall–Kier alpha value is -6.75. The highest BCUT2D eigenvalue weighted by atomic mass is 32.1. The molecule has 1 aliphatic carbocycles. The van der Waals surface area contributed by atoms with Gasteiger partial charge in [0.05, 0.1) is 0 Å². The molecule has 0 atom stereocenters. The highest BCUT2D eigenvalue weighted by Crippen LogP contribution is 2.51. The molecular formula is C49H27N3S. The van der Waals surface area contributed by atoms with Gasteiger partial charge in [0.25, 0.3) is 0 Å². The molecule has 12 rings (SSSR count). The third-order valence-corrected chi connectivity index (χ3v) is 12.1. The molecule has 9 aromatic carbocycles. The first-order valence-electron chi connectivity index (χ1n) is 17.9. The molecule has 0 saturated heterocycles. The molecule has 4 heteroatoms. The third-order valence-electron chi connectivity index (χ3n) is 11.0. The SMILES string of the molecule is c1ccc2cc(-c3nc(-c4ccc5c(ccc6ccccc65)c4)nc(-c4cccc5sc6cc7c(cc6c45)-c4cccc5cccc-7c45)n3)ccc2c1. The quantitative estimate of drug-likeness (QED) is 0.173. The molecule has 0 unspecified atom stereocenters. The van der Waals surface area contributed by atoms with Gasteiger partial charge in [-0.2, -0.15) is 0 Å². The summed E-state index contributed by atoms with van der Waals surface area (Å²) in [5, 5.41) is 12.2. The van der Waals surface area contributed by atoms with Crippen LogP contribution in [-0.4, -0.2) is 15.0 Å². The maximum absolute atomic E-state index is 5.29. The molecule has 2 heterocycles. The van der Waals surface area contributed by atoms with E-state index in [2.05, 4.69) is 164 Å². The Morgan fingerprint density at radius 2 is 0.887 bits per heavy atom. The molecule has 3 nitrogen and oxygen atoms in total. The Morgan fingerprint density at radius 3 is 1.72 bits per heavy atom. The Bertz CT molecular complexity index is 3350. The van der Waals surface area contributed by atoms with Gasteiger partial charge in [-0.1, -0.05) is 133 Å². The van der Waals surface area contributed by atoms with Crippen LogP contribution in [0.2, 0.25) is 0 Å². The summed E-state index contributed by atoms with van der Waals surface area (Å²) < 4.78 is 2.49. The largest absolute Gasteiger partial charge is 0.208 e. The fourth-order valence-corrected chi connectivity index (χ4v) is 9.68. The van der Waals surface area contributed by atoms with Gasteiger partial charge in [-0.25, -0.2) is 15.0 Å². The van der Waals surface area contributed by atoms with E-state index < -0.39 is 0 Å². The van der Waals surface area contributed by atoms with E-state index in [4.69, 9.17) is 15.0 Å². The van der Waals surface area contributed by atoms with E-state index in [1.54, 1.807) is 0 Å². The van der Waals surface area contributed by atoms with Crippen molar-refractivity contribution in [3.05, 3.63) is 164 Å². The minimum Gasteiger partial charge on any atom is -0.208 e. The lowest BCUT2D eigenvalue weighted by molar-refractivity contribution is 1.08. The van der Waals surface area contributed by atoms with Crippen LogP contribution in [0.3, 0.4) is 0 Å². The molecule has 0 saturated carbocycles. The second-order valence-electron chi connectivity index (χ2n) is 14.0. The minimum atomic E-state index is 0.660. The number of rotatable bonds is 3. The average molecular weight is 690 g/mol. The first kappa shape index (κ1) is 28.9. The number of benzene rings is 9. The second kappa shape index (κ2) is 10.9. The summed E-state index contributed by atoms with van der Waals surface area (Å²) >= 11 is 1.84. The van der Waals surface area contributed by atoms with Crippen molar-refractivity contribution in [3.8, 4) is 56.4 Å². The lowest BCUT2D eigenvalue weighted by Crippen LogP contribution is -2.00. The van der Waals surface area contributed by atoms with Gasteiger partial charge in [-0.15, -0.1) is 11.3 Å². The topological polar surface area (TPSA) is 38.7 Å². The lowest BCUT2D eigenvalue weighted by Gasteiger charge is -2.11. The van der Waals surface area contributed by atoms with Crippen LogP contribution in [0.15, 0.2) is 164 Å². The second-order valence-corrected chi connectivity index (χ2v) is 15.1. The Labute approximate surface area is 308 Å². The summed E-state index contributed by atoms with van der Waals surface area (Å²) in [6, 6.07) is 59.1. The molecule has 0 amide bonds. The van der Waals surface area contributed by atoms with E-state index in [0.29, 0.717) is 17.5 Å². The van der Waals surface area contributed by atoms with Crippen molar-refractivity contribution in [1.82, 2.24) is 15.0 Å². The molecule has 2 aromatic heterocycles. The van der Waals surface area contributed by atoms with Crippen LogP contribution in [-0.2, 0) is 0 Å². The highest BCUT2D eigenvalue weighted by Gasteiger charge is 2.24. The van der Waals surface area contributed by atoms with Gasteiger partial charge in [-0.05, 0) is 95.7 Å². The minimum absolute atomic E-state index is 0.660. The van der Waals surface area contributed by atoms with Crippen LogP contribution < -0.4 is 0 Å². The van der Waals surface area contributed by atoms with Gasteiger partial charge >= 0.3 is 0 Å². The lowest BCUT2D eigenvalue weighted by atomic mass is 9.99. The third kappa shape index (κ3) is 4.30.